The Morgan fingerprint density at radius 2 is 1.33 bits per heavy atom. The molecule has 0 amide bonds. The van der Waals surface area contributed by atoms with Crippen LogP contribution in [-0.4, -0.2) is 0 Å². The summed E-state index contributed by atoms with van der Waals surface area (Å²) in [5.41, 5.74) is 3.02. The van der Waals surface area contributed by atoms with Gasteiger partial charge in [-0.05, 0) is 0 Å². The zero-order valence-electron chi connectivity index (χ0n) is 13.1. The zero-order chi connectivity index (χ0) is 13.5. The molecule has 3 heteroatoms. The fourth-order valence-corrected chi connectivity index (χ4v) is 1.19. The largest absolute Gasteiger partial charge is 0.366 e. The zero-order valence-corrected chi connectivity index (χ0v) is 18.5. The maximum atomic E-state index is 2.37. The number of hydrogen-bond acceptors (Lipinski definition) is 0. The maximum Gasteiger partial charge on any atom is 0 e. The van der Waals surface area contributed by atoms with E-state index in [9.17, 15) is 0 Å². The second kappa shape index (κ2) is 13.4. The van der Waals surface area contributed by atoms with Crippen LogP contribution in [0.1, 0.15) is 55.4 Å². The molecule has 0 aliphatic carbocycles. The topological polar surface area (TPSA) is 0 Å². The van der Waals surface area contributed by atoms with Crippen molar-refractivity contribution in [3.63, 3.8) is 0 Å². The van der Waals surface area contributed by atoms with Crippen LogP contribution in [0.25, 0.3) is 0 Å². The third-order valence-electron chi connectivity index (χ3n) is 3.21. The summed E-state index contributed by atoms with van der Waals surface area (Å²) in [7, 11) is 0. The van der Waals surface area contributed by atoms with Crippen LogP contribution in [0.2, 0.25) is 0 Å². The van der Waals surface area contributed by atoms with Gasteiger partial charge in [0.1, 0.15) is 0 Å². The minimum Gasteiger partial charge on any atom is -0.366 e. The molecule has 0 rings (SSSR count). The molecule has 0 bridgehead atoms. The van der Waals surface area contributed by atoms with Crippen molar-refractivity contribution in [2.24, 2.45) is 5.41 Å². The van der Waals surface area contributed by atoms with Gasteiger partial charge in [0, 0.05) is 53.7 Å². The van der Waals surface area contributed by atoms with Gasteiger partial charge in [0.05, 0.1) is 0 Å². The minimum atomic E-state index is 0. The van der Waals surface area contributed by atoms with Crippen molar-refractivity contribution < 1.29 is 16.5 Å². The Kier molecular flexibility index (Phi) is 20.7. The first-order chi connectivity index (χ1) is 7.18. The van der Waals surface area contributed by atoms with Crippen LogP contribution in [-0.2, 0) is 16.5 Å². The van der Waals surface area contributed by atoms with Crippen LogP contribution in [0.5, 0.6) is 0 Å². The molecule has 0 aromatic heterocycles. The third-order valence-corrected chi connectivity index (χ3v) is 3.21. The van der Waals surface area contributed by atoms with E-state index < -0.39 is 0 Å². The molecule has 0 saturated carbocycles. The summed E-state index contributed by atoms with van der Waals surface area (Å²) < 4.78 is 0. The molecule has 0 nitrogen and oxygen atoms in total. The van der Waals surface area contributed by atoms with E-state index in [1.807, 2.05) is 0 Å². The third kappa shape index (κ3) is 11.3. The van der Waals surface area contributed by atoms with E-state index >= 15 is 0 Å². The number of rotatable bonds is 4. The fourth-order valence-electron chi connectivity index (χ4n) is 1.19. The molecule has 0 spiro atoms. The van der Waals surface area contributed by atoms with E-state index in [-0.39, 0.29) is 29.3 Å². The summed E-state index contributed by atoms with van der Waals surface area (Å²) in [6.07, 6.45) is 2.37. The van der Waals surface area contributed by atoms with Crippen LogP contribution in [0, 0.1) is 31.1 Å². The fraction of sp³-hybridized carbons (Fsp3) is 0.600. The van der Waals surface area contributed by atoms with Crippen LogP contribution < -0.4 is 0 Å². The van der Waals surface area contributed by atoms with Crippen LogP contribution >= 0.6 is 37.2 Å². The van der Waals surface area contributed by atoms with Gasteiger partial charge in [-0.2, -0.15) is 13.8 Å². The monoisotopic (exact) mass is 520 g/mol. The summed E-state index contributed by atoms with van der Waals surface area (Å²) in [5, 5.41) is 0. The van der Waals surface area contributed by atoms with Gasteiger partial charge in [-0.3, -0.25) is 0 Å². The molecule has 0 fully saturated rings. The molecule has 0 atom stereocenters. The molecule has 0 saturated heterocycles. The van der Waals surface area contributed by atoms with E-state index in [4.69, 9.17) is 0 Å². The summed E-state index contributed by atoms with van der Waals surface area (Å²) in [4.78, 5) is 0. The van der Waals surface area contributed by atoms with Crippen molar-refractivity contribution in [3.05, 3.63) is 36.8 Å². The van der Waals surface area contributed by atoms with Crippen molar-refractivity contribution in [1.82, 2.24) is 0 Å². The molecule has 0 aromatic rings. The number of halogens is 2. The second-order valence-electron chi connectivity index (χ2n) is 5.17. The van der Waals surface area contributed by atoms with E-state index in [0.717, 1.165) is 0 Å². The average molecular weight is 521 g/mol. The van der Waals surface area contributed by atoms with Crippen molar-refractivity contribution in [3.8, 4) is 0 Å². The van der Waals surface area contributed by atoms with Gasteiger partial charge < -0.3 is 36.8 Å². The Bertz CT molecular complexity index is 219. The molecule has 18 heavy (non-hydrogen) atoms. The van der Waals surface area contributed by atoms with E-state index in [0.29, 0.717) is 0 Å². The van der Waals surface area contributed by atoms with E-state index in [1.54, 1.807) is 0 Å². The van der Waals surface area contributed by atoms with Crippen LogP contribution in [0.4, 0.5) is 0 Å². The first kappa shape index (κ1) is 27.7. The summed E-state index contributed by atoms with van der Waals surface area (Å²) in [5.74, 6) is 2.86. The normalized spacial score (nSPS) is 11.3. The molecular formula is C15H28I2Ni-4. The SMILES string of the molecule is CC([CH-]C(C)(C)[C-](C)C)=C(C)[C-](C)C.II.[CH3-].[Ni]. The molecule has 0 radical (unpaired) electrons. The molecule has 0 aromatic carbocycles. The molecule has 0 aliphatic rings. The average Bonchev–Trinajstić information content (AvgIpc) is 2.18. The van der Waals surface area contributed by atoms with Gasteiger partial charge >= 0.3 is 0 Å². The van der Waals surface area contributed by atoms with Gasteiger partial charge in [-0.25, -0.2) is 5.41 Å². The summed E-state index contributed by atoms with van der Waals surface area (Å²) >= 11 is 4.24. The van der Waals surface area contributed by atoms with Gasteiger partial charge in [-0.15, -0.1) is 27.7 Å². The van der Waals surface area contributed by atoms with E-state index in [1.165, 1.54) is 23.0 Å². The maximum absolute atomic E-state index is 2.37. The van der Waals surface area contributed by atoms with Crippen molar-refractivity contribution in [2.45, 2.75) is 55.4 Å². The molecule has 0 aliphatic heterocycles. The molecule has 0 N–H and O–H groups in total. The first-order valence-corrected chi connectivity index (χ1v) is 11.8. The van der Waals surface area contributed by atoms with Crippen molar-refractivity contribution in [1.29, 1.82) is 0 Å². The van der Waals surface area contributed by atoms with E-state index in [2.05, 4.69) is 99.0 Å². The first-order valence-electron chi connectivity index (χ1n) is 5.47. The Hall–Kier alpha value is 1.43. The Balaban J connectivity index is -0.000000232. The molecule has 116 valence electrons. The smallest absolute Gasteiger partial charge is 0 e. The molecular weight excluding hydrogens is 493 g/mol. The summed E-state index contributed by atoms with van der Waals surface area (Å²) in [6, 6.07) is 0. The predicted octanol–water partition coefficient (Wildman–Crippen LogP) is 7.00. The van der Waals surface area contributed by atoms with Crippen molar-refractivity contribution >= 4 is 37.2 Å². The van der Waals surface area contributed by atoms with Gasteiger partial charge in [0.2, 0.25) is 0 Å². The van der Waals surface area contributed by atoms with Crippen LogP contribution in [0.15, 0.2) is 11.1 Å². The standard InChI is InChI=1S/C14H25.CH3.I2.Ni/c1-10(2)13(6)12(5)9-14(7,8)11(3)4;;1-2;/h9H,1-8H3;1H3;;/q-3;-1;;. The Labute approximate surface area is 150 Å². The van der Waals surface area contributed by atoms with Gasteiger partial charge in [-0.1, -0.05) is 13.8 Å². The molecule has 0 heterocycles. The Morgan fingerprint density at radius 1 is 1.00 bits per heavy atom. The van der Waals surface area contributed by atoms with Crippen LogP contribution in [0.3, 0.4) is 0 Å². The summed E-state index contributed by atoms with van der Waals surface area (Å²) in [6.45, 7) is 17.7. The second-order valence-corrected chi connectivity index (χ2v) is 5.17. The number of allylic oxidation sites excluding steroid dienone is 2. The quantitative estimate of drug-likeness (QED) is 0.213. The predicted molar refractivity (Wildman–Crippen MR) is 100 cm³/mol. The Morgan fingerprint density at radius 3 is 1.56 bits per heavy atom. The van der Waals surface area contributed by atoms with Gasteiger partial charge in [0.15, 0.2) is 0 Å². The van der Waals surface area contributed by atoms with Crippen molar-refractivity contribution in [2.75, 3.05) is 0 Å². The number of hydrogen-bond donors (Lipinski definition) is 0. The van der Waals surface area contributed by atoms with Gasteiger partial charge in [0.25, 0.3) is 0 Å². The minimum absolute atomic E-state index is 0. The molecule has 0 unspecified atom stereocenters.